The molecule has 0 amide bonds. The van der Waals surface area contributed by atoms with Crippen LogP contribution < -0.4 is 5.73 Å². The maximum absolute atomic E-state index is 10.3. The molecule has 1 unspecified atom stereocenters. The summed E-state index contributed by atoms with van der Waals surface area (Å²) in [6, 6.07) is -0.467. The van der Waals surface area contributed by atoms with Crippen molar-refractivity contribution in [3.63, 3.8) is 0 Å². The van der Waals surface area contributed by atoms with Crippen LogP contribution in [0.15, 0.2) is 4.42 Å². The zero-order chi connectivity index (χ0) is 10.7. The van der Waals surface area contributed by atoms with Gasteiger partial charge in [-0.05, 0) is 24.9 Å². The molecule has 1 aromatic heterocycles. The second-order valence-electron chi connectivity index (χ2n) is 2.96. The normalized spacial score (nSPS) is 12.8. The van der Waals surface area contributed by atoms with E-state index in [2.05, 4.69) is 4.98 Å². The molecule has 1 heterocycles. The Balaban J connectivity index is 2.64. The average Bonchev–Trinajstić information content (AvgIpc) is 2.41. The Morgan fingerprint density at radius 1 is 1.79 bits per heavy atom. The van der Waals surface area contributed by atoms with E-state index in [1.165, 1.54) is 0 Å². The Labute approximate surface area is 85.9 Å². The maximum atomic E-state index is 10.3. The Bertz CT molecular complexity index is 337. The zero-order valence-corrected chi connectivity index (χ0v) is 8.41. The lowest BCUT2D eigenvalue weighted by Crippen LogP contribution is -2.12. The molecule has 0 aromatic carbocycles. The van der Waals surface area contributed by atoms with E-state index in [0.29, 0.717) is 17.9 Å². The third-order valence-corrected chi connectivity index (χ3v) is 1.97. The van der Waals surface area contributed by atoms with Gasteiger partial charge in [-0.2, -0.15) is 0 Å². The number of rotatable bonds is 4. The molecule has 1 atom stereocenters. The number of nitrogens with two attached hydrogens (primary N) is 1. The van der Waals surface area contributed by atoms with Crippen LogP contribution in [0.25, 0.3) is 0 Å². The molecule has 0 aliphatic rings. The topological polar surface area (TPSA) is 89.4 Å². The summed E-state index contributed by atoms with van der Waals surface area (Å²) in [4.78, 5) is 14.1. The molecule has 1 aromatic rings. The second kappa shape index (κ2) is 4.43. The van der Waals surface area contributed by atoms with Gasteiger partial charge in [-0.1, -0.05) is 0 Å². The van der Waals surface area contributed by atoms with E-state index in [0.717, 1.165) is 0 Å². The first-order chi connectivity index (χ1) is 6.50. The third kappa shape index (κ3) is 2.71. The van der Waals surface area contributed by atoms with Gasteiger partial charge in [0.05, 0.1) is 11.7 Å². The van der Waals surface area contributed by atoms with Crippen LogP contribution in [0.2, 0.25) is 5.35 Å². The fourth-order valence-electron chi connectivity index (χ4n) is 1.13. The van der Waals surface area contributed by atoms with Crippen LogP contribution in [0.4, 0.5) is 0 Å². The third-order valence-electron chi connectivity index (χ3n) is 1.81. The van der Waals surface area contributed by atoms with Crippen LogP contribution in [-0.2, 0) is 4.79 Å². The van der Waals surface area contributed by atoms with Gasteiger partial charge in [0.25, 0.3) is 5.35 Å². The van der Waals surface area contributed by atoms with Gasteiger partial charge in [0.1, 0.15) is 5.76 Å². The standard InChI is InChI=1S/C8H11ClN2O3/c1-4-7(14-8(9)11-4)5(10)2-3-6(12)13/h5H,2-3,10H2,1H3,(H,12,13). The summed E-state index contributed by atoms with van der Waals surface area (Å²) < 4.78 is 5.04. The second-order valence-corrected chi connectivity index (χ2v) is 3.28. The number of nitrogens with zero attached hydrogens (tertiary/aromatic N) is 1. The highest BCUT2D eigenvalue weighted by molar-refractivity contribution is 6.27. The molecule has 6 heteroatoms. The molecule has 0 aliphatic heterocycles. The minimum absolute atomic E-state index is 0.00107. The van der Waals surface area contributed by atoms with Gasteiger partial charge < -0.3 is 15.3 Å². The first kappa shape index (κ1) is 11.0. The van der Waals surface area contributed by atoms with E-state index in [9.17, 15) is 4.79 Å². The number of carboxylic acid groups (broad SMARTS) is 1. The first-order valence-electron chi connectivity index (χ1n) is 4.11. The van der Waals surface area contributed by atoms with Crippen molar-refractivity contribution in [1.82, 2.24) is 4.98 Å². The van der Waals surface area contributed by atoms with Gasteiger partial charge in [-0.3, -0.25) is 4.79 Å². The lowest BCUT2D eigenvalue weighted by molar-refractivity contribution is -0.137. The number of halogens is 1. The number of carboxylic acids is 1. The Hall–Kier alpha value is -1.07. The highest BCUT2D eigenvalue weighted by Gasteiger charge is 2.16. The predicted molar refractivity (Wildman–Crippen MR) is 50.0 cm³/mol. The molecule has 5 nitrogen and oxygen atoms in total. The minimum Gasteiger partial charge on any atom is -0.481 e. The Morgan fingerprint density at radius 2 is 2.43 bits per heavy atom. The first-order valence-corrected chi connectivity index (χ1v) is 4.48. The molecular weight excluding hydrogens is 208 g/mol. The Morgan fingerprint density at radius 3 is 2.86 bits per heavy atom. The number of aromatic nitrogens is 1. The zero-order valence-electron chi connectivity index (χ0n) is 7.66. The van der Waals surface area contributed by atoms with Crippen LogP contribution in [-0.4, -0.2) is 16.1 Å². The van der Waals surface area contributed by atoms with Gasteiger partial charge in [-0.25, -0.2) is 4.98 Å². The molecule has 0 saturated carbocycles. The Kier molecular flexibility index (Phi) is 3.49. The maximum Gasteiger partial charge on any atom is 0.303 e. The van der Waals surface area contributed by atoms with Crippen molar-refractivity contribution in [3.05, 3.63) is 16.8 Å². The summed E-state index contributed by atoms with van der Waals surface area (Å²) in [7, 11) is 0. The fourth-order valence-corrected chi connectivity index (χ4v) is 1.34. The summed E-state index contributed by atoms with van der Waals surface area (Å²) in [5.41, 5.74) is 6.31. The fraction of sp³-hybridized carbons (Fsp3) is 0.500. The molecule has 3 N–H and O–H groups in total. The molecule has 78 valence electrons. The van der Waals surface area contributed by atoms with Crippen molar-refractivity contribution < 1.29 is 14.3 Å². The van der Waals surface area contributed by atoms with E-state index in [4.69, 9.17) is 26.9 Å². The largest absolute Gasteiger partial charge is 0.481 e. The van der Waals surface area contributed by atoms with Gasteiger partial charge in [0.2, 0.25) is 0 Å². The number of oxazole rings is 1. The van der Waals surface area contributed by atoms with E-state index < -0.39 is 12.0 Å². The monoisotopic (exact) mass is 218 g/mol. The summed E-state index contributed by atoms with van der Waals surface area (Å²) in [6.45, 7) is 1.71. The van der Waals surface area contributed by atoms with E-state index in [1.54, 1.807) is 6.92 Å². The molecule has 0 saturated heterocycles. The number of aryl methyl sites for hydroxylation is 1. The lowest BCUT2D eigenvalue weighted by Gasteiger charge is -2.06. The van der Waals surface area contributed by atoms with Crippen molar-refractivity contribution in [1.29, 1.82) is 0 Å². The number of aliphatic carboxylic acids is 1. The molecule has 0 fully saturated rings. The van der Waals surface area contributed by atoms with E-state index in [1.807, 2.05) is 0 Å². The molecule has 1 rings (SSSR count). The van der Waals surface area contributed by atoms with Gasteiger partial charge in [0.15, 0.2) is 0 Å². The van der Waals surface area contributed by atoms with Gasteiger partial charge in [0, 0.05) is 6.42 Å². The summed E-state index contributed by atoms with van der Waals surface area (Å²) in [6.07, 6.45) is 0.306. The van der Waals surface area contributed by atoms with Crippen molar-refractivity contribution >= 4 is 17.6 Å². The molecule has 0 spiro atoms. The molecule has 14 heavy (non-hydrogen) atoms. The van der Waals surface area contributed by atoms with Crippen molar-refractivity contribution in [2.75, 3.05) is 0 Å². The van der Waals surface area contributed by atoms with Crippen molar-refractivity contribution in [2.45, 2.75) is 25.8 Å². The highest BCUT2D eigenvalue weighted by Crippen LogP contribution is 2.22. The van der Waals surface area contributed by atoms with E-state index in [-0.39, 0.29) is 11.8 Å². The van der Waals surface area contributed by atoms with Crippen LogP contribution >= 0.6 is 11.6 Å². The lowest BCUT2D eigenvalue weighted by atomic mass is 10.1. The number of carbonyl (C=O) groups is 1. The molecular formula is C8H11ClN2O3. The van der Waals surface area contributed by atoms with E-state index >= 15 is 0 Å². The minimum atomic E-state index is -0.885. The highest BCUT2D eigenvalue weighted by atomic mass is 35.5. The van der Waals surface area contributed by atoms with Crippen molar-refractivity contribution in [2.24, 2.45) is 5.73 Å². The summed E-state index contributed by atoms with van der Waals surface area (Å²) >= 11 is 5.52. The molecule has 0 bridgehead atoms. The van der Waals surface area contributed by atoms with Crippen LogP contribution in [0, 0.1) is 6.92 Å². The predicted octanol–water partition coefficient (Wildman–Crippen LogP) is 1.50. The quantitative estimate of drug-likeness (QED) is 0.800. The number of hydrogen-bond acceptors (Lipinski definition) is 4. The van der Waals surface area contributed by atoms with Crippen LogP contribution in [0.5, 0.6) is 0 Å². The van der Waals surface area contributed by atoms with Crippen molar-refractivity contribution in [3.8, 4) is 0 Å². The van der Waals surface area contributed by atoms with Crippen LogP contribution in [0.1, 0.15) is 30.3 Å². The SMILES string of the molecule is Cc1nc(Cl)oc1C(N)CCC(=O)O. The average molecular weight is 219 g/mol. The van der Waals surface area contributed by atoms with Crippen LogP contribution in [0.3, 0.4) is 0 Å². The summed E-state index contributed by atoms with van der Waals surface area (Å²) in [5, 5.41) is 8.49. The van der Waals surface area contributed by atoms with Gasteiger partial charge in [-0.15, -0.1) is 0 Å². The molecule has 0 radical (unpaired) electrons. The van der Waals surface area contributed by atoms with Gasteiger partial charge >= 0.3 is 5.97 Å². The molecule has 0 aliphatic carbocycles. The smallest absolute Gasteiger partial charge is 0.303 e. The summed E-state index contributed by atoms with van der Waals surface area (Å²) in [5.74, 6) is -0.431. The number of hydrogen-bond donors (Lipinski definition) is 2.